The van der Waals surface area contributed by atoms with Crippen LogP contribution in [-0.4, -0.2) is 11.1 Å². The lowest BCUT2D eigenvalue weighted by atomic mass is 9.88. The van der Waals surface area contributed by atoms with Gasteiger partial charge in [0, 0.05) is 5.92 Å². The second kappa shape index (κ2) is 6.71. The van der Waals surface area contributed by atoms with E-state index in [0.717, 1.165) is 31.2 Å². The first kappa shape index (κ1) is 14.1. The Labute approximate surface area is 118 Å². The Kier molecular flexibility index (Phi) is 4.97. The van der Waals surface area contributed by atoms with Gasteiger partial charge in [-0.25, -0.2) is 0 Å². The third kappa shape index (κ3) is 3.80. The minimum absolute atomic E-state index is 0.0241. The Hall–Kier alpha value is -1.35. The van der Waals surface area contributed by atoms with Crippen LogP contribution in [0.15, 0.2) is 30.3 Å². The zero-order valence-corrected chi connectivity index (χ0v) is 11.5. The molecule has 2 rings (SSSR count). The number of halogens is 1. The first-order chi connectivity index (χ1) is 9.18. The van der Waals surface area contributed by atoms with Crippen LogP contribution in [0.1, 0.15) is 43.7 Å². The second-order valence-electron chi connectivity index (χ2n) is 4.99. The van der Waals surface area contributed by atoms with Crippen molar-refractivity contribution in [3.63, 3.8) is 0 Å². The first-order valence-electron chi connectivity index (χ1n) is 6.73. The summed E-state index contributed by atoms with van der Waals surface area (Å²) in [6.45, 7) is 0. The molecule has 1 atom stereocenters. The number of benzene rings is 1. The number of rotatable bonds is 4. The van der Waals surface area contributed by atoms with Gasteiger partial charge in [0.05, 0.1) is 0 Å². The third-order valence-corrected chi connectivity index (χ3v) is 3.84. The maximum Gasteiger partial charge on any atom is 0.248 e. The molecular weight excluding hydrogens is 262 g/mol. The SMILES string of the molecule is O=C(NC(C(=O)Cl)c1ccccc1)C1CCCCC1. The van der Waals surface area contributed by atoms with Crippen molar-refractivity contribution in [2.75, 3.05) is 0 Å². The van der Waals surface area contributed by atoms with Gasteiger partial charge >= 0.3 is 0 Å². The van der Waals surface area contributed by atoms with Crippen LogP contribution >= 0.6 is 11.6 Å². The molecule has 1 aromatic rings. The minimum Gasteiger partial charge on any atom is -0.341 e. The summed E-state index contributed by atoms with van der Waals surface area (Å²) in [5, 5.41) is 2.24. The van der Waals surface area contributed by atoms with Gasteiger partial charge in [-0.05, 0) is 30.0 Å². The van der Waals surface area contributed by atoms with E-state index in [0.29, 0.717) is 0 Å². The van der Waals surface area contributed by atoms with Gasteiger partial charge in [-0.3, -0.25) is 9.59 Å². The van der Waals surface area contributed by atoms with Crippen LogP contribution in [0.2, 0.25) is 0 Å². The molecule has 1 N–H and O–H groups in total. The minimum atomic E-state index is -0.739. The van der Waals surface area contributed by atoms with Crippen LogP contribution in [0.3, 0.4) is 0 Å². The molecule has 0 heterocycles. The van der Waals surface area contributed by atoms with E-state index in [1.165, 1.54) is 6.42 Å². The molecule has 1 aliphatic rings. The van der Waals surface area contributed by atoms with E-state index in [9.17, 15) is 9.59 Å². The molecule has 0 bridgehead atoms. The predicted octanol–water partition coefficient (Wildman–Crippen LogP) is 3.19. The van der Waals surface area contributed by atoms with Crippen LogP contribution in [0.5, 0.6) is 0 Å². The highest BCUT2D eigenvalue weighted by molar-refractivity contribution is 6.64. The molecule has 1 saturated carbocycles. The maximum atomic E-state index is 12.2. The highest BCUT2D eigenvalue weighted by atomic mass is 35.5. The van der Waals surface area contributed by atoms with E-state index in [2.05, 4.69) is 5.32 Å². The number of hydrogen-bond acceptors (Lipinski definition) is 2. The fourth-order valence-corrected chi connectivity index (χ4v) is 2.72. The Balaban J connectivity index is 2.04. The highest BCUT2D eigenvalue weighted by Gasteiger charge is 2.26. The normalized spacial score (nSPS) is 17.7. The molecular formula is C15H18ClNO2. The molecule has 0 radical (unpaired) electrons. The van der Waals surface area contributed by atoms with Gasteiger partial charge in [0.1, 0.15) is 6.04 Å². The molecule has 19 heavy (non-hydrogen) atoms. The summed E-state index contributed by atoms with van der Waals surface area (Å²) < 4.78 is 0. The standard InChI is InChI=1S/C15H18ClNO2/c16-14(18)13(11-7-3-1-4-8-11)17-15(19)12-9-5-2-6-10-12/h1,3-4,7-8,12-13H,2,5-6,9-10H2,(H,17,19). The van der Waals surface area contributed by atoms with Crippen LogP contribution in [0.25, 0.3) is 0 Å². The molecule has 1 aromatic carbocycles. The summed E-state index contributed by atoms with van der Waals surface area (Å²) in [6, 6.07) is 8.38. The quantitative estimate of drug-likeness (QED) is 0.861. The van der Waals surface area contributed by atoms with Gasteiger partial charge in [-0.2, -0.15) is 0 Å². The zero-order chi connectivity index (χ0) is 13.7. The molecule has 4 heteroatoms. The van der Waals surface area contributed by atoms with Crippen LogP contribution < -0.4 is 5.32 Å². The molecule has 1 fully saturated rings. The van der Waals surface area contributed by atoms with Crippen molar-refractivity contribution >= 4 is 22.8 Å². The number of nitrogens with one attached hydrogen (secondary N) is 1. The molecule has 1 aliphatic carbocycles. The van der Waals surface area contributed by atoms with E-state index in [1.54, 1.807) is 12.1 Å². The van der Waals surface area contributed by atoms with Crippen LogP contribution in [0.4, 0.5) is 0 Å². The monoisotopic (exact) mass is 279 g/mol. The van der Waals surface area contributed by atoms with Crippen molar-refractivity contribution in [3.05, 3.63) is 35.9 Å². The fraction of sp³-hybridized carbons (Fsp3) is 0.467. The van der Waals surface area contributed by atoms with Gasteiger partial charge in [0.15, 0.2) is 0 Å². The highest BCUT2D eigenvalue weighted by Crippen LogP contribution is 2.25. The van der Waals surface area contributed by atoms with E-state index in [-0.39, 0.29) is 11.8 Å². The number of amides is 1. The van der Waals surface area contributed by atoms with Crippen molar-refractivity contribution < 1.29 is 9.59 Å². The number of hydrogen-bond donors (Lipinski definition) is 1. The van der Waals surface area contributed by atoms with Gasteiger partial charge in [0.25, 0.3) is 0 Å². The Bertz CT molecular complexity index is 441. The molecule has 3 nitrogen and oxygen atoms in total. The zero-order valence-electron chi connectivity index (χ0n) is 10.8. The van der Waals surface area contributed by atoms with Crippen LogP contribution in [-0.2, 0) is 9.59 Å². The molecule has 0 aliphatic heterocycles. The number of carbonyl (C=O) groups excluding carboxylic acids is 2. The summed E-state index contributed by atoms with van der Waals surface area (Å²) in [7, 11) is 0. The van der Waals surface area contributed by atoms with Gasteiger partial charge in [0.2, 0.25) is 11.1 Å². The summed E-state index contributed by atoms with van der Waals surface area (Å²) in [5.41, 5.74) is 0.728. The van der Waals surface area contributed by atoms with Crippen molar-refractivity contribution in [1.82, 2.24) is 5.32 Å². The molecule has 0 spiro atoms. The summed E-state index contributed by atoms with van der Waals surface area (Å²) in [6.07, 6.45) is 5.18. The molecule has 102 valence electrons. The summed E-state index contributed by atoms with van der Waals surface area (Å²) >= 11 is 5.61. The van der Waals surface area contributed by atoms with Crippen molar-refractivity contribution in [2.45, 2.75) is 38.1 Å². The summed E-state index contributed by atoms with van der Waals surface area (Å²) in [4.78, 5) is 23.7. The van der Waals surface area contributed by atoms with E-state index < -0.39 is 11.3 Å². The molecule has 0 aromatic heterocycles. The molecule has 0 saturated heterocycles. The average molecular weight is 280 g/mol. The van der Waals surface area contributed by atoms with Crippen LogP contribution in [0, 0.1) is 5.92 Å². The van der Waals surface area contributed by atoms with E-state index in [4.69, 9.17) is 11.6 Å². The van der Waals surface area contributed by atoms with Crippen molar-refractivity contribution in [1.29, 1.82) is 0 Å². The van der Waals surface area contributed by atoms with E-state index in [1.807, 2.05) is 18.2 Å². The van der Waals surface area contributed by atoms with Crippen molar-refractivity contribution in [3.8, 4) is 0 Å². The largest absolute Gasteiger partial charge is 0.341 e. The average Bonchev–Trinajstić information content (AvgIpc) is 2.46. The third-order valence-electron chi connectivity index (χ3n) is 3.62. The van der Waals surface area contributed by atoms with E-state index >= 15 is 0 Å². The first-order valence-corrected chi connectivity index (χ1v) is 7.11. The van der Waals surface area contributed by atoms with Crippen molar-refractivity contribution in [2.24, 2.45) is 5.92 Å². The molecule has 1 unspecified atom stereocenters. The van der Waals surface area contributed by atoms with Gasteiger partial charge < -0.3 is 5.32 Å². The lowest BCUT2D eigenvalue weighted by molar-refractivity contribution is -0.129. The predicted molar refractivity (Wildman–Crippen MR) is 74.8 cm³/mol. The topological polar surface area (TPSA) is 46.2 Å². The Morgan fingerprint density at radius 1 is 1.11 bits per heavy atom. The molecule has 1 amide bonds. The summed E-state index contributed by atoms with van der Waals surface area (Å²) in [5.74, 6) is -0.0291. The Morgan fingerprint density at radius 3 is 2.32 bits per heavy atom. The van der Waals surface area contributed by atoms with Gasteiger partial charge in [-0.15, -0.1) is 0 Å². The lowest BCUT2D eigenvalue weighted by Gasteiger charge is -2.23. The second-order valence-corrected chi connectivity index (χ2v) is 5.36. The fourth-order valence-electron chi connectivity index (χ4n) is 2.54. The lowest BCUT2D eigenvalue weighted by Crippen LogP contribution is -2.37. The number of carbonyl (C=O) groups is 2. The Morgan fingerprint density at radius 2 is 1.74 bits per heavy atom. The smallest absolute Gasteiger partial charge is 0.248 e. The maximum absolute atomic E-state index is 12.2. The van der Waals surface area contributed by atoms with Gasteiger partial charge in [-0.1, -0.05) is 49.6 Å².